The molecule has 0 saturated carbocycles. The average Bonchev–Trinajstić information content (AvgIpc) is 3.11. The van der Waals surface area contributed by atoms with Crippen molar-refractivity contribution in [2.45, 2.75) is 0 Å². The van der Waals surface area contributed by atoms with Crippen molar-refractivity contribution in [3.8, 4) is 33.4 Å². The van der Waals surface area contributed by atoms with Crippen molar-refractivity contribution in [2.24, 2.45) is 0 Å². The summed E-state index contributed by atoms with van der Waals surface area (Å²) in [6, 6.07) is 37.5. The Bertz CT molecular complexity index is 2490. The number of hydrogen-bond acceptors (Lipinski definition) is 2. The van der Waals surface area contributed by atoms with Gasteiger partial charge in [0.1, 0.15) is 5.82 Å². The van der Waals surface area contributed by atoms with Crippen LogP contribution in [0.15, 0.2) is 144 Å². The third-order valence-corrected chi connectivity index (χ3v) is 8.93. The molecule has 0 aliphatic rings. The zero-order chi connectivity index (χ0) is 31.5. The number of nitrogens with zero attached hydrogens (tertiary/aromatic N) is 1. The summed E-state index contributed by atoms with van der Waals surface area (Å²) in [4.78, 5) is 28.7. The van der Waals surface area contributed by atoms with Crippen LogP contribution in [0.3, 0.4) is 0 Å². The van der Waals surface area contributed by atoms with E-state index in [1.165, 1.54) is 6.07 Å². The number of pyridine rings is 2. The lowest BCUT2D eigenvalue weighted by molar-refractivity contribution is 0.631. The maximum absolute atomic E-state index is 15.1. The van der Waals surface area contributed by atoms with Crippen LogP contribution in [0, 0.1) is 5.82 Å². The average molecular weight is 596 g/mol. The summed E-state index contributed by atoms with van der Waals surface area (Å²) >= 11 is 0. The molecule has 2 heterocycles. The largest absolute Gasteiger partial charge is 0.308 e. The Hall–Kier alpha value is -6.13. The van der Waals surface area contributed by atoms with E-state index in [4.69, 9.17) is 0 Å². The SMILES string of the molecule is C=Cc1ccc(-c2ccc3c(c2)c(=O)c2cc(-c4ccccc4F)cc4c(=O)c5cc(-c6ccc(C=C)cc6)ccc5n3c24)cc1. The van der Waals surface area contributed by atoms with Crippen molar-refractivity contribution < 1.29 is 4.39 Å². The van der Waals surface area contributed by atoms with E-state index in [0.717, 1.165) is 33.4 Å². The van der Waals surface area contributed by atoms with Crippen molar-refractivity contribution in [1.29, 1.82) is 0 Å². The Morgan fingerprint density at radius 1 is 0.500 bits per heavy atom. The minimum atomic E-state index is -0.422. The fraction of sp³-hybridized carbons (Fsp3) is 0. The fourth-order valence-electron chi connectivity index (χ4n) is 6.54. The molecule has 0 bridgehead atoms. The second-order valence-electron chi connectivity index (χ2n) is 11.5. The number of benzene rings is 6. The number of rotatable bonds is 5. The van der Waals surface area contributed by atoms with Gasteiger partial charge in [-0.1, -0.05) is 104 Å². The molecule has 0 aliphatic carbocycles. The molecule has 0 spiro atoms. The minimum absolute atomic E-state index is 0.208. The Balaban J connectivity index is 1.50. The van der Waals surface area contributed by atoms with Gasteiger partial charge in [0.2, 0.25) is 0 Å². The molecule has 2 aromatic heterocycles. The zero-order valence-corrected chi connectivity index (χ0v) is 24.8. The van der Waals surface area contributed by atoms with Crippen molar-refractivity contribution >= 4 is 50.2 Å². The summed E-state index contributed by atoms with van der Waals surface area (Å²) < 4.78 is 17.1. The van der Waals surface area contributed by atoms with Gasteiger partial charge in [0, 0.05) is 27.1 Å². The second kappa shape index (κ2) is 10.5. The smallest absolute Gasteiger partial charge is 0.197 e. The number of halogens is 1. The molecule has 0 amide bonds. The predicted octanol–water partition coefficient (Wildman–Crippen LogP) is 9.98. The number of aromatic nitrogens is 1. The van der Waals surface area contributed by atoms with Crippen LogP contribution in [0.4, 0.5) is 4.39 Å². The highest BCUT2D eigenvalue weighted by Gasteiger charge is 2.20. The first kappa shape index (κ1) is 27.4. The molecule has 0 unspecified atom stereocenters. The van der Waals surface area contributed by atoms with Crippen LogP contribution in [0.2, 0.25) is 0 Å². The molecule has 0 aliphatic heterocycles. The summed E-state index contributed by atoms with van der Waals surface area (Å²) in [5.74, 6) is -0.422. The second-order valence-corrected chi connectivity index (χ2v) is 11.5. The molecule has 0 fully saturated rings. The van der Waals surface area contributed by atoms with Gasteiger partial charge < -0.3 is 4.40 Å². The van der Waals surface area contributed by atoms with Crippen molar-refractivity contribution in [1.82, 2.24) is 4.40 Å². The van der Waals surface area contributed by atoms with Gasteiger partial charge in [0.25, 0.3) is 0 Å². The van der Waals surface area contributed by atoms with Crippen molar-refractivity contribution in [2.75, 3.05) is 0 Å². The molecule has 46 heavy (non-hydrogen) atoms. The highest BCUT2D eigenvalue weighted by atomic mass is 19.1. The molecule has 0 radical (unpaired) electrons. The van der Waals surface area contributed by atoms with E-state index in [2.05, 4.69) is 13.2 Å². The zero-order valence-electron chi connectivity index (χ0n) is 24.8. The Kier molecular flexibility index (Phi) is 6.26. The Labute approximate surface area is 263 Å². The molecule has 3 nitrogen and oxygen atoms in total. The van der Waals surface area contributed by atoms with Gasteiger partial charge in [-0.25, -0.2) is 4.39 Å². The van der Waals surface area contributed by atoms with Crippen LogP contribution in [-0.4, -0.2) is 4.40 Å². The van der Waals surface area contributed by atoms with Gasteiger partial charge in [0.15, 0.2) is 10.9 Å². The maximum atomic E-state index is 15.1. The third-order valence-electron chi connectivity index (χ3n) is 8.93. The van der Waals surface area contributed by atoms with Crippen molar-refractivity contribution in [3.05, 3.63) is 172 Å². The van der Waals surface area contributed by atoms with Gasteiger partial charge in [-0.05, 0) is 81.4 Å². The Morgan fingerprint density at radius 3 is 1.39 bits per heavy atom. The molecule has 0 N–H and O–H groups in total. The molecule has 0 saturated heterocycles. The van der Waals surface area contributed by atoms with Crippen LogP contribution >= 0.6 is 0 Å². The molecule has 4 heteroatoms. The first-order valence-electron chi connectivity index (χ1n) is 15.0. The molecule has 8 aromatic rings. The number of fused-ring (bicyclic) bond motifs is 4. The monoisotopic (exact) mass is 595 g/mol. The first-order valence-corrected chi connectivity index (χ1v) is 15.0. The van der Waals surface area contributed by atoms with E-state index < -0.39 is 5.82 Å². The van der Waals surface area contributed by atoms with Crippen LogP contribution in [0.1, 0.15) is 11.1 Å². The van der Waals surface area contributed by atoms with E-state index in [1.807, 2.05) is 89.3 Å². The topological polar surface area (TPSA) is 38.5 Å². The first-order chi connectivity index (χ1) is 22.4. The highest BCUT2D eigenvalue weighted by Crippen LogP contribution is 2.34. The van der Waals surface area contributed by atoms with Crippen molar-refractivity contribution in [3.63, 3.8) is 0 Å². The van der Waals surface area contributed by atoms with Gasteiger partial charge >= 0.3 is 0 Å². The van der Waals surface area contributed by atoms with E-state index in [0.29, 0.717) is 49.2 Å². The summed E-state index contributed by atoms with van der Waals surface area (Å²) in [5.41, 5.74) is 8.04. The molecule has 0 atom stereocenters. The summed E-state index contributed by atoms with van der Waals surface area (Å²) in [6.45, 7) is 7.68. The maximum Gasteiger partial charge on any atom is 0.197 e. The Morgan fingerprint density at radius 2 is 0.935 bits per heavy atom. The lowest BCUT2D eigenvalue weighted by Crippen LogP contribution is -2.14. The minimum Gasteiger partial charge on any atom is -0.308 e. The molecular weight excluding hydrogens is 569 g/mol. The summed E-state index contributed by atoms with van der Waals surface area (Å²) in [5, 5.41) is 1.76. The van der Waals surface area contributed by atoms with Crippen LogP contribution < -0.4 is 10.9 Å². The lowest BCUT2D eigenvalue weighted by atomic mass is 9.95. The molecule has 6 aromatic carbocycles. The normalized spacial score (nSPS) is 11.5. The van der Waals surface area contributed by atoms with Crippen LogP contribution in [-0.2, 0) is 0 Å². The quantitative estimate of drug-likeness (QED) is 0.147. The van der Waals surface area contributed by atoms with E-state index >= 15 is 4.39 Å². The lowest BCUT2D eigenvalue weighted by Gasteiger charge is -2.17. The summed E-state index contributed by atoms with van der Waals surface area (Å²) in [6.07, 6.45) is 3.58. The van der Waals surface area contributed by atoms with Crippen LogP contribution in [0.5, 0.6) is 0 Å². The van der Waals surface area contributed by atoms with E-state index in [1.54, 1.807) is 42.5 Å². The fourth-order valence-corrected chi connectivity index (χ4v) is 6.54. The van der Waals surface area contributed by atoms with E-state index in [9.17, 15) is 9.59 Å². The molecule has 218 valence electrons. The highest BCUT2D eigenvalue weighted by molar-refractivity contribution is 6.10. The van der Waals surface area contributed by atoms with Gasteiger partial charge in [-0.3, -0.25) is 9.59 Å². The van der Waals surface area contributed by atoms with Gasteiger partial charge in [0.05, 0.1) is 16.6 Å². The summed E-state index contributed by atoms with van der Waals surface area (Å²) in [7, 11) is 0. The molecular formula is C42H26FNO2. The van der Waals surface area contributed by atoms with Crippen LogP contribution in [0.25, 0.3) is 83.6 Å². The number of hydrogen-bond donors (Lipinski definition) is 0. The third kappa shape index (κ3) is 4.19. The standard InChI is InChI=1S/C42H26FNO2/c1-3-25-9-13-27(14-10-25)29-17-19-38-33(21-29)41(45)35-23-31(32-7-5-6-8-37(32)43)24-36-40(35)44(38)39-20-18-30(22-34(39)42(36)46)28-15-11-26(4-2)12-16-28/h3-24H,1-2H2. The van der Waals surface area contributed by atoms with E-state index in [-0.39, 0.29) is 10.9 Å². The van der Waals surface area contributed by atoms with Gasteiger partial charge in [-0.15, -0.1) is 0 Å². The van der Waals surface area contributed by atoms with Gasteiger partial charge in [-0.2, -0.15) is 0 Å². The molecule has 8 rings (SSSR count). The predicted molar refractivity (Wildman–Crippen MR) is 190 cm³/mol.